The number of hydrogen-bond acceptors (Lipinski definition) is 4. The summed E-state index contributed by atoms with van der Waals surface area (Å²) in [7, 11) is 0. The van der Waals surface area contributed by atoms with Crippen LogP contribution in [0.5, 0.6) is 11.5 Å². The molecule has 1 saturated heterocycles. The van der Waals surface area contributed by atoms with E-state index in [0.29, 0.717) is 25.4 Å². The molecule has 6 heteroatoms. The third kappa shape index (κ3) is 2.87. The van der Waals surface area contributed by atoms with E-state index in [4.69, 9.17) is 14.7 Å². The van der Waals surface area contributed by atoms with Gasteiger partial charge in [0, 0.05) is 31.1 Å². The molecule has 3 rings (SSSR count). The van der Waals surface area contributed by atoms with Gasteiger partial charge in [-0.3, -0.25) is 0 Å². The maximum atomic E-state index is 12.1. The van der Waals surface area contributed by atoms with Crippen LogP contribution in [0.2, 0.25) is 0 Å². The van der Waals surface area contributed by atoms with E-state index >= 15 is 0 Å². The van der Waals surface area contributed by atoms with Gasteiger partial charge in [-0.1, -0.05) is 12.1 Å². The average molecular weight is 287 g/mol. The molecule has 110 valence electrons. The van der Waals surface area contributed by atoms with Crippen molar-refractivity contribution < 1.29 is 14.3 Å². The van der Waals surface area contributed by atoms with E-state index < -0.39 is 0 Å². The van der Waals surface area contributed by atoms with Crippen molar-refractivity contribution in [1.82, 2.24) is 10.2 Å². The van der Waals surface area contributed by atoms with Crippen LogP contribution in [0.25, 0.3) is 0 Å². The maximum Gasteiger partial charge on any atom is 0.317 e. The third-order valence-corrected chi connectivity index (χ3v) is 3.87. The Kier molecular flexibility index (Phi) is 3.82. The molecule has 0 aromatic heterocycles. The van der Waals surface area contributed by atoms with Crippen molar-refractivity contribution in [3.05, 3.63) is 23.8 Å². The zero-order chi connectivity index (χ0) is 14.7. The van der Waals surface area contributed by atoms with Gasteiger partial charge in [-0.25, -0.2) is 4.79 Å². The lowest BCUT2D eigenvalue weighted by atomic mass is 9.99. The molecule has 1 fully saturated rings. The highest BCUT2D eigenvalue weighted by Crippen LogP contribution is 2.35. The highest BCUT2D eigenvalue weighted by Gasteiger charge is 2.23. The molecule has 2 heterocycles. The minimum Gasteiger partial charge on any atom is -0.454 e. The van der Waals surface area contributed by atoms with Gasteiger partial charge in [-0.05, 0) is 18.9 Å². The van der Waals surface area contributed by atoms with Crippen LogP contribution in [-0.2, 0) is 6.54 Å². The SMILES string of the molecule is N#CC1CCN(C(=O)NCc2cccc3c2OCO3)CC1. The van der Waals surface area contributed by atoms with Crippen LogP contribution in [0.4, 0.5) is 4.79 Å². The molecular formula is C15H17N3O3. The van der Waals surface area contributed by atoms with Crippen LogP contribution in [0.15, 0.2) is 18.2 Å². The number of nitriles is 1. The number of piperidine rings is 1. The first kappa shape index (κ1) is 13.6. The summed E-state index contributed by atoms with van der Waals surface area (Å²) < 4.78 is 10.7. The van der Waals surface area contributed by atoms with Crippen molar-refractivity contribution in [2.45, 2.75) is 19.4 Å². The fourth-order valence-corrected chi connectivity index (χ4v) is 2.62. The second-order valence-electron chi connectivity index (χ2n) is 5.20. The Morgan fingerprint density at radius 3 is 2.95 bits per heavy atom. The molecule has 6 nitrogen and oxygen atoms in total. The molecule has 1 N–H and O–H groups in total. The van der Waals surface area contributed by atoms with Crippen LogP contribution in [0.1, 0.15) is 18.4 Å². The topological polar surface area (TPSA) is 74.6 Å². The Hall–Kier alpha value is -2.42. The predicted molar refractivity (Wildman–Crippen MR) is 74.7 cm³/mol. The Labute approximate surface area is 123 Å². The lowest BCUT2D eigenvalue weighted by Gasteiger charge is -2.29. The van der Waals surface area contributed by atoms with E-state index in [-0.39, 0.29) is 18.7 Å². The van der Waals surface area contributed by atoms with Crippen LogP contribution in [0, 0.1) is 17.2 Å². The van der Waals surface area contributed by atoms with Crippen LogP contribution in [-0.4, -0.2) is 30.8 Å². The second-order valence-corrected chi connectivity index (χ2v) is 5.20. The lowest BCUT2D eigenvalue weighted by molar-refractivity contribution is 0.172. The van der Waals surface area contributed by atoms with Crippen molar-refractivity contribution in [3.63, 3.8) is 0 Å². The molecule has 0 radical (unpaired) electrons. The van der Waals surface area contributed by atoms with E-state index in [1.165, 1.54) is 0 Å². The van der Waals surface area contributed by atoms with Gasteiger partial charge >= 0.3 is 6.03 Å². The monoisotopic (exact) mass is 287 g/mol. The van der Waals surface area contributed by atoms with E-state index in [1.807, 2.05) is 18.2 Å². The smallest absolute Gasteiger partial charge is 0.317 e. The summed E-state index contributed by atoms with van der Waals surface area (Å²) in [6.07, 6.45) is 1.50. The van der Waals surface area contributed by atoms with Gasteiger partial charge in [-0.15, -0.1) is 0 Å². The minimum atomic E-state index is -0.0945. The summed E-state index contributed by atoms with van der Waals surface area (Å²) in [6, 6.07) is 7.81. The number of fused-ring (bicyclic) bond motifs is 1. The number of urea groups is 1. The molecule has 2 amide bonds. The zero-order valence-electron chi connectivity index (χ0n) is 11.7. The van der Waals surface area contributed by atoms with Gasteiger partial charge < -0.3 is 19.7 Å². The fourth-order valence-electron chi connectivity index (χ4n) is 2.62. The van der Waals surface area contributed by atoms with Crippen molar-refractivity contribution in [2.75, 3.05) is 19.9 Å². The van der Waals surface area contributed by atoms with Crippen molar-refractivity contribution in [1.29, 1.82) is 5.26 Å². The number of nitrogens with one attached hydrogen (secondary N) is 1. The molecule has 21 heavy (non-hydrogen) atoms. The first-order chi connectivity index (χ1) is 10.3. The van der Waals surface area contributed by atoms with Gasteiger partial charge in [0.25, 0.3) is 0 Å². The van der Waals surface area contributed by atoms with E-state index in [9.17, 15) is 4.79 Å². The van der Waals surface area contributed by atoms with Crippen molar-refractivity contribution in [3.8, 4) is 17.6 Å². The fraction of sp³-hybridized carbons (Fsp3) is 0.467. The number of para-hydroxylation sites is 1. The molecule has 0 bridgehead atoms. The second kappa shape index (κ2) is 5.92. The number of benzene rings is 1. The summed E-state index contributed by atoms with van der Waals surface area (Å²) in [5.74, 6) is 1.51. The lowest BCUT2D eigenvalue weighted by Crippen LogP contribution is -2.44. The predicted octanol–water partition coefficient (Wildman–Crippen LogP) is 1.86. The van der Waals surface area contributed by atoms with Crippen LogP contribution >= 0.6 is 0 Å². The number of amides is 2. The first-order valence-electron chi connectivity index (χ1n) is 7.08. The maximum absolute atomic E-state index is 12.1. The number of rotatable bonds is 2. The van der Waals surface area contributed by atoms with Crippen LogP contribution in [0.3, 0.4) is 0 Å². The van der Waals surface area contributed by atoms with E-state index in [1.54, 1.807) is 4.90 Å². The number of carbonyl (C=O) groups is 1. The molecule has 0 aliphatic carbocycles. The average Bonchev–Trinajstić information content (AvgIpc) is 3.02. The molecule has 1 aromatic rings. The van der Waals surface area contributed by atoms with Crippen molar-refractivity contribution in [2.24, 2.45) is 5.92 Å². The Morgan fingerprint density at radius 2 is 2.19 bits per heavy atom. The summed E-state index contributed by atoms with van der Waals surface area (Å²) in [5.41, 5.74) is 0.908. The number of nitrogens with zero attached hydrogens (tertiary/aromatic N) is 2. The Morgan fingerprint density at radius 1 is 1.38 bits per heavy atom. The van der Waals surface area contributed by atoms with Crippen LogP contribution < -0.4 is 14.8 Å². The zero-order valence-corrected chi connectivity index (χ0v) is 11.7. The molecule has 0 spiro atoms. The highest BCUT2D eigenvalue weighted by molar-refractivity contribution is 5.74. The molecule has 2 aliphatic rings. The Bertz CT molecular complexity index is 574. The Balaban J connectivity index is 1.55. The van der Waals surface area contributed by atoms with Gasteiger partial charge in [0.1, 0.15) is 0 Å². The molecule has 1 aromatic carbocycles. The molecular weight excluding hydrogens is 270 g/mol. The molecule has 0 atom stereocenters. The van der Waals surface area contributed by atoms with Gasteiger partial charge in [0.15, 0.2) is 11.5 Å². The molecule has 0 saturated carbocycles. The van der Waals surface area contributed by atoms with E-state index in [0.717, 1.165) is 24.2 Å². The standard InChI is InChI=1S/C15H17N3O3/c16-8-11-4-6-18(7-5-11)15(19)17-9-12-2-1-3-13-14(12)21-10-20-13/h1-3,11H,4-7,9-10H2,(H,17,19). The summed E-state index contributed by atoms with van der Waals surface area (Å²) in [5, 5.41) is 11.8. The number of carbonyl (C=O) groups excluding carboxylic acids is 1. The number of ether oxygens (including phenoxy) is 2. The number of hydrogen-bond donors (Lipinski definition) is 1. The normalized spacial score (nSPS) is 17.4. The van der Waals surface area contributed by atoms with Gasteiger partial charge in [0.2, 0.25) is 6.79 Å². The minimum absolute atomic E-state index is 0.0805. The largest absolute Gasteiger partial charge is 0.454 e. The van der Waals surface area contributed by atoms with Crippen molar-refractivity contribution >= 4 is 6.03 Å². The summed E-state index contributed by atoms with van der Waals surface area (Å²) in [4.78, 5) is 13.9. The van der Waals surface area contributed by atoms with Gasteiger partial charge in [0.05, 0.1) is 6.07 Å². The summed E-state index contributed by atoms with van der Waals surface area (Å²) in [6.45, 7) is 1.90. The number of likely N-dealkylation sites (tertiary alicyclic amines) is 1. The molecule has 2 aliphatic heterocycles. The quantitative estimate of drug-likeness (QED) is 0.901. The van der Waals surface area contributed by atoms with E-state index in [2.05, 4.69) is 11.4 Å². The molecule has 0 unspecified atom stereocenters. The first-order valence-corrected chi connectivity index (χ1v) is 7.08. The summed E-state index contributed by atoms with van der Waals surface area (Å²) >= 11 is 0. The highest BCUT2D eigenvalue weighted by atomic mass is 16.7. The third-order valence-electron chi connectivity index (χ3n) is 3.87. The van der Waals surface area contributed by atoms with Gasteiger partial charge in [-0.2, -0.15) is 5.26 Å².